The van der Waals surface area contributed by atoms with Crippen LogP contribution in [-0.4, -0.2) is 21.2 Å². The molecule has 0 bridgehead atoms. The van der Waals surface area contributed by atoms with Crippen molar-refractivity contribution in [2.24, 2.45) is 0 Å². The predicted molar refractivity (Wildman–Crippen MR) is 61.9 cm³/mol. The molecule has 0 amide bonds. The minimum atomic E-state index is 0.411. The van der Waals surface area contributed by atoms with Crippen molar-refractivity contribution in [1.29, 1.82) is 0 Å². The van der Waals surface area contributed by atoms with Crippen molar-refractivity contribution in [3.8, 4) is 0 Å². The average molecular weight is 208 g/mol. The molecule has 0 aliphatic heterocycles. The monoisotopic (exact) mass is 208 g/mol. The Morgan fingerprint density at radius 2 is 1.93 bits per heavy atom. The highest BCUT2D eigenvalue weighted by molar-refractivity contribution is 5.25. The van der Waals surface area contributed by atoms with Crippen LogP contribution in [0.2, 0.25) is 0 Å². The fourth-order valence-corrected chi connectivity index (χ4v) is 1.32. The highest BCUT2D eigenvalue weighted by Crippen LogP contribution is 2.07. The first-order valence-electron chi connectivity index (χ1n) is 5.58. The molecular formula is C11H20N4. The van der Waals surface area contributed by atoms with Gasteiger partial charge in [-0.05, 0) is 27.2 Å². The van der Waals surface area contributed by atoms with Gasteiger partial charge in [0.05, 0.1) is 11.4 Å². The summed E-state index contributed by atoms with van der Waals surface area (Å²) in [7, 11) is 0. The van der Waals surface area contributed by atoms with E-state index in [2.05, 4.69) is 34.3 Å². The van der Waals surface area contributed by atoms with Crippen molar-refractivity contribution >= 4 is 5.95 Å². The first-order valence-corrected chi connectivity index (χ1v) is 5.58. The van der Waals surface area contributed by atoms with E-state index in [9.17, 15) is 0 Å². The molecule has 0 aliphatic carbocycles. The van der Waals surface area contributed by atoms with Gasteiger partial charge in [0.25, 0.3) is 0 Å². The molecule has 1 N–H and O–H groups in total. The number of hydrogen-bond donors (Lipinski definition) is 1. The van der Waals surface area contributed by atoms with E-state index < -0.39 is 0 Å². The summed E-state index contributed by atoms with van der Waals surface area (Å²) in [5.41, 5.74) is 1.83. The zero-order valence-electron chi connectivity index (χ0n) is 10.0. The van der Waals surface area contributed by atoms with Crippen LogP contribution in [0.4, 0.5) is 5.95 Å². The zero-order chi connectivity index (χ0) is 11.3. The SMILES string of the molecule is CCCCC(C)Nc1nnc(C)c(C)n1. The molecule has 1 heterocycles. The van der Waals surface area contributed by atoms with Gasteiger partial charge in [0.15, 0.2) is 0 Å². The number of hydrogen-bond acceptors (Lipinski definition) is 4. The van der Waals surface area contributed by atoms with Crippen molar-refractivity contribution in [3.05, 3.63) is 11.4 Å². The summed E-state index contributed by atoms with van der Waals surface area (Å²) in [5, 5.41) is 11.3. The number of unbranched alkanes of at least 4 members (excludes halogenated alkanes) is 1. The lowest BCUT2D eigenvalue weighted by molar-refractivity contribution is 0.638. The maximum atomic E-state index is 4.34. The molecule has 1 unspecified atom stereocenters. The molecule has 1 rings (SSSR count). The van der Waals surface area contributed by atoms with Crippen molar-refractivity contribution in [2.75, 3.05) is 5.32 Å². The molecule has 0 radical (unpaired) electrons. The number of aryl methyl sites for hydroxylation is 2. The molecule has 84 valence electrons. The Morgan fingerprint density at radius 1 is 1.20 bits per heavy atom. The maximum Gasteiger partial charge on any atom is 0.243 e. The molecule has 0 fully saturated rings. The van der Waals surface area contributed by atoms with Crippen LogP contribution in [0.15, 0.2) is 0 Å². The molecule has 0 spiro atoms. The highest BCUT2D eigenvalue weighted by atomic mass is 15.2. The molecule has 4 nitrogen and oxygen atoms in total. The van der Waals surface area contributed by atoms with Crippen LogP contribution >= 0.6 is 0 Å². The number of nitrogens with zero attached hydrogens (tertiary/aromatic N) is 3. The molecule has 0 aliphatic rings. The average Bonchev–Trinajstić information content (AvgIpc) is 2.20. The second-order valence-corrected chi connectivity index (χ2v) is 3.99. The molecule has 1 aromatic rings. The Kier molecular flexibility index (Phi) is 4.46. The number of anilines is 1. The topological polar surface area (TPSA) is 50.7 Å². The van der Waals surface area contributed by atoms with Crippen molar-refractivity contribution in [1.82, 2.24) is 15.2 Å². The van der Waals surface area contributed by atoms with Crippen molar-refractivity contribution < 1.29 is 0 Å². The van der Waals surface area contributed by atoms with Crippen molar-refractivity contribution in [3.63, 3.8) is 0 Å². The van der Waals surface area contributed by atoms with Gasteiger partial charge in [-0.1, -0.05) is 19.8 Å². The second kappa shape index (κ2) is 5.63. The van der Waals surface area contributed by atoms with E-state index >= 15 is 0 Å². The van der Waals surface area contributed by atoms with Gasteiger partial charge < -0.3 is 5.32 Å². The van der Waals surface area contributed by atoms with E-state index in [0.717, 1.165) is 17.8 Å². The third kappa shape index (κ3) is 3.81. The summed E-state index contributed by atoms with van der Waals surface area (Å²) >= 11 is 0. The summed E-state index contributed by atoms with van der Waals surface area (Å²) in [6, 6.07) is 0.411. The third-order valence-electron chi connectivity index (χ3n) is 2.46. The van der Waals surface area contributed by atoms with Gasteiger partial charge in [-0.25, -0.2) is 4.98 Å². The molecule has 15 heavy (non-hydrogen) atoms. The van der Waals surface area contributed by atoms with E-state index in [1.165, 1.54) is 12.8 Å². The molecule has 0 aromatic carbocycles. The minimum absolute atomic E-state index is 0.411. The zero-order valence-corrected chi connectivity index (χ0v) is 10.0. The largest absolute Gasteiger partial charge is 0.350 e. The molecular weight excluding hydrogens is 188 g/mol. The van der Waals surface area contributed by atoms with Gasteiger partial charge in [-0.2, -0.15) is 5.10 Å². The molecule has 0 saturated heterocycles. The fraction of sp³-hybridized carbons (Fsp3) is 0.727. The van der Waals surface area contributed by atoms with Crippen LogP contribution in [0.5, 0.6) is 0 Å². The number of rotatable bonds is 5. The van der Waals surface area contributed by atoms with Crippen LogP contribution in [0.1, 0.15) is 44.5 Å². The summed E-state index contributed by atoms with van der Waals surface area (Å²) < 4.78 is 0. The van der Waals surface area contributed by atoms with Gasteiger partial charge in [0, 0.05) is 6.04 Å². The van der Waals surface area contributed by atoms with Gasteiger partial charge in [0.2, 0.25) is 5.95 Å². The summed E-state index contributed by atoms with van der Waals surface area (Å²) in [6.45, 7) is 8.21. The standard InChI is InChI=1S/C11H20N4/c1-5-6-7-8(2)12-11-13-9(3)10(4)14-15-11/h8H,5-7H2,1-4H3,(H,12,13,15). The summed E-state index contributed by atoms with van der Waals surface area (Å²) in [6.07, 6.45) is 3.59. The second-order valence-electron chi connectivity index (χ2n) is 3.99. The maximum absolute atomic E-state index is 4.34. The van der Waals surface area contributed by atoms with Gasteiger partial charge in [-0.15, -0.1) is 5.10 Å². The van der Waals surface area contributed by atoms with Crippen LogP contribution in [0, 0.1) is 13.8 Å². The quantitative estimate of drug-likeness (QED) is 0.807. The Hall–Kier alpha value is -1.19. The molecule has 1 aromatic heterocycles. The Labute approximate surface area is 91.5 Å². The van der Waals surface area contributed by atoms with Crippen LogP contribution < -0.4 is 5.32 Å². The van der Waals surface area contributed by atoms with E-state index in [4.69, 9.17) is 0 Å². The lowest BCUT2D eigenvalue weighted by atomic mass is 10.1. The van der Waals surface area contributed by atoms with Gasteiger partial charge >= 0.3 is 0 Å². The summed E-state index contributed by atoms with van der Waals surface area (Å²) in [4.78, 5) is 4.34. The number of aromatic nitrogens is 3. The van der Waals surface area contributed by atoms with E-state index in [1.54, 1.807) is 0 Å². The van der Waals surface area contributed by atoms with Crippen LogP contribution in [0.25, 0.3) is 0 Å². The van der Waals surface area contributed by atoms with E-state index in [0.29, 0.717) is 12.0 Å². The van der Waals surface area contributed by atoms with Crippen molar-refractivity contribution in [2.45, 2.75) is 53.0 Å². The smallest absolute Gasteiger partial charge is 0.243 e. The lowest BCUT2D eigenvalue weighted by Gasteiger charge is -2.12. The fourth-order valence-electron chi connectivity index (χ4n) is 1.32. The lowest BCUT2D eigenvalue weighted by Crippen LogP contribution is -2.17. The van der Waals surface area contributed by atoms with E-state index in [1.807, 2.05) is 13.8 Å². The Morgan fingerprint density at radius 3 is 2.53 bits per heavy atom. The Balaban J connectivity index is 2.53. The third-order valence-corrected chi connectivity index (χ3v) is 2.46. The first kappa shape index (κ1) is 11.9. The Bertz CT molecular complexity index is 311. The minimum Gasteiger partial charge on any atom is -0.350 e. The molecule has 4 heteroatoms. The molecule has 0 saturated carbocycles. The number of nitrogens with one attached hydrogen (secondary N) is 1. The van der Waals surface area contributed by atoms with E-state index in [-0.39, 0.29) is 0 Å². The normalized spacial score (nSPS) is 12.5. The van der Waals surface area contributed by atoms with Crippen LogP contribution in [-0.2, 0) is 0 Å². The summed E-state index contributed by atoms with van der Waals surface area (Å²) in [5.74, 6) is 0.640. The van der Waals surface area contributed by atoms with Gasteiger partial charge in [0.1, 0.15) is 0 Å². The van der Waals surface area contributed by atoms with Crippen LogP contribution in [0.3, 0.4) is 0 Å². The predicted octanol–water partition coefficient (Wildman–Crippen LogP) is 2.48. The molecule has 1 atom stereocenters. The van der Waals surface area contributed by atoms with Gasteiger partial charge in [-0.3, -0.25) is 0 Å². The first-order chi connectivity index (χ1) is 7.13. The highest BCUT2D eigenvalue weighted by Gasteiger charge is 2.05.